The normalized spacial score (nSPS) is 15.5. The zero-order chi connectivity index (χ0) is 18.1. The maximum Gasteiger partial charge on any atom is 0.292 e. The molecule has 3 aromatic rings. The highest BCUT2D eigenvalue weighted by Crippen LogP contribution is 2.23. The second kappa shape index (κ2) is 7.14. The van der Waals surface area contributed by atoms with Crippen molar-refractivity contribution in [3.05, 3.63) is 39.9 Å². The van der Waals surface area contributed by atoms with Crippen LogP contribution >= 0.6 is 23.6 Å². The first kappa shape index (κ1) is 17.1. The molecule has 1 aliphatic heterocycles. The van der Waals surface area contributed by atoms with Crippen LogP contribution in [0.3, 0.4) is 0 Å². The summed E-state index contributed by atoms with van der Waals surface area (Å²) >= 11 is 6.83. The van der Waals surface area contributed by atoms with Crippen LogP contribution < -0.4 is 0 Å². The van der Waals surface area contributed by atoms with Gasteiger partial charge in [0.05, 0.1) is 17.2 Å². The first-order valence-corrected chi connectivity index (χ1v) is 9.46. The number of carbonyl (C=O) groups is 1. The molecule has 10 heteroatoms. The van der Waals surface area contributed by atoms with E-state index in [0.717, 1.165) is 18.0 Å². The van der Waals surface area contributed by atoms with Gasteiger partial charge in [0.25, 0.3) is 16.6 Å². The lowest BCUT2D eigenvalue weighted by molar-refractivity contribution is 0.0546. The quantitative estimate of drug-likeness (QED) is 0.633. The SMILES string of the molecule is Cc1cc(C(=O)N2CCN(Cn3nc(-c4cccs4)oc3=S)CC2)on1. The molecule has 0 radical (unpaired) electrons. The molecule has 1 fully saturated rings. The molecular weight excluding hydrogens is 374 g/mol. The molecular formula is C16H17N5O3S2. The van der Waals surface area contributed by atoms with Crippen LogP contribution in [-0.2, 0) is 6.67 Å². The maximum atomic E-state index is 12.4. The Kier molecular flexibility index (Phi) is 4.70. The lowest BCUT2D eigenvalue weighted by Gasteiger charge is -2.33. The summed E-state index contributed by atoms with van der Waals surface area (Å²) in [6.45, 7) is 5.01. The topological polar surface area (TPSA) is 80.5 Å². The third kappa shape index (κ3) is 3.48. The molecule has 0 aliphatic carbocycles. The Bertz CT molecular complexity index is 951. The smallest absolute Gasteiger partial charge is 0.292 e. The Morgan fingerprint density at radius 2 is 2.15 bits per heavy atom. The number of hydrogen-bond donors (Lipinski definition) is 0. The van der Waals surface area contributed by atoms with Gasteiger partial charge >= 0.3 is 0 Å². The third-order valence-corrected chi connectivity index (χ3v) is 5.32. The second-order valence-corrected chi connectivity index (χ2v) is 7.33. The number of rotatable bonds is 4. The maximum absolute atomic E-state index is 12.4. The van der Waals surface area contributed by atoms with Gasteiger partial charge in [0.1, 0.15) is 0 Å². The van der Waals surface area contributed by atoms with Gasteiger partial charge in [0, 0.05) is 32.2 Å². The van der Waals surface area contributed by atoms with Gasteiger partial charge in [-0.05, 0) is 30.6 Å². The predicted molar refractivity (Wildman–Crippen MR) is 97.4 cm³/mol. The largest absolute Gasteiger partial charge is 0.408 e. The van der Waals surface area contributed by atoms with Crippen molar-refractivity contribution in [3.8, 4) is 10.8 Å². The van der Waals surface area contributed by atoms with Gasteiger partial charge in [-0.15, -0.1) is 16.4 Å². The van der Waals surface area contributed by atoms with E-state index >= 15 is 0 Å². The summed E-state index contributed by atoms with van der Waals surface area (Å²) in [6, 6.07) is 5.56. The Hall–Kier alpha value is -2.30. The zero-order valence-corrected chi connectivity index (χ0v) is 15.8. The van der Waals surface area contributed by atoms with Gasteiger partial charge < -0.3 is 13.8 Å². The number of carbonyl (C=O) groups excluding carboxylic acids is 1. The lowest BCUT2D eigenvalue weighted by atomic mass is 10.3. The van der Waals surface area contributed by atoms with Gasteiger partial charge in [-0.2, -0.15) is 0 Å². The Morgan fingerprint density at radius 3 is 2.81 bits per heavy atom. The summed E-state index contributed by atoms with van der Waals surface area (Å²) in [4.78, 5) is 17.7. The fourth-order valence-electron chi connectivity index (χ4n) is 2.80. The molecule has 0 unspecified atom stereocenters. The molecule has 0 atom stereocenters. The first-order chi connectivity index (χ1) is 12.6. The molecule has 1 saturated heterocycles. The van der Waals surface area contributed by atoms with E-state index in [1.165, 1.54) is 0 Å². The summed E-state index contributed by atoms with van der Waals surface area (Å²) in [5, 5.41) is 10.2. The summed E-state index contributed by atoms with van der Waals surface area (Å²) < 4.78 is 12.3. The van der Waals surface area contributed by atoms with E-state index in [4.69, 9.17) is 21.2 Å². The van der Waals surface area contributed by atoms with Crippen LogP contribution in [0.25, 0.3) is 10.8 Å². The minimum atomic E-state index is -0.122. The minimum Gasteiger partial charge on any atom is -0.408 e. The van der Waals surface area contributed by atoms with Crippen molar-refractivity contribution in [2.24, 2.45) is 0 Å². The molecule has 1 amide bonds. The van der Waals surface area contributed by atoms with Crippen LogP contribution in [0.1, 0.15) is 16.2 Å². The Morgan fingerprint density at radius 1 is 1.35 bits per heavy atom. The van der Waals surface area contributed by atoms with Crippen LogP contribution in [0.4, 0.5) is 0 Å². The van der Waals surface area contributed by atoms with E-state index in [2.05, 4.69) is 15.2 Å². The van der Waals surface area contributed by atoms with Crippen molar-refractivity contribution >= 4 is 29.5 Å². The average Bonchev–Trinajstić information content (AvgIpc) is 3.37. The molecule has 0 spiro atoms. The lowest BCUT2D eigenvalue weighted by Crippen LogP contribution is -2.49. The van der Waals surface area contributed by atoms with Crippen LogP contribution in [0.15, 0.2) is 32.5 Å². The fourth-order valence-corrected chi connectivity index (χ4v) is 3.62. The Labute approximate surface area is 158 Å². The summed E-state index contributed by atoms with van der Waals surface area (Å²) in [7, 11) is 0. The van der Waals surface area contributed by atoms with E-state index in [0.29, 0.717) is 36.2 Å². The van der Waals surface area contributed by atoms with Gasteiger partial charge in [-0.1, -0.05) is 11.2 Å². The van der Waals surface area contributed by atoms with Crippen LogP contribution in [0.2, 0.25) is 0 Å². The highest BCUT2D eigenvalue weighted by Gasteiger charge is 2.25. The first-order valence-electron chi connectivity index (χ1n) is 8.17. The van der Waals surface area contributed by atoms with Gasteiger partial charge in [0.2, 0.25) is 5.76 Å². The van der Waals surface area contributed by atoms with E-state index in [1.807, 2.05) is 17.5 Å². The molecule has 3 aromatic heterocycles. The standard InChI is InChI=1S/C16H17N5O3S2/c1-11-9-12(24-18-11)15(22)20-6-4-19(5-7-20)10-21-16(25)23-14(17-21)13-3-2-8-26-13/h2-3,8-9H,4-7,10H2,1H3. The van der Waals surface area contributed by atoms with Crippen molar-refractivity contribution < 1.29 is 13.7 Å². The average molecular weight is 391 g/mol. The van der Waals surface area contributed by atoms with Gasteiger partial charge in [0.15, 0.2) is 0 Å². The molecule has 136 valence electrons. The number of thiophene rings is 1. The molecule has 0 saturated carbocycles. The molecule has 4 rings (SSSR count). The van der Waals surface area contributed by atoms with Crippen molar-refractivity contribution in [3.63, 3.8) is 0 Å². The summed E-state index contributed by atoms with van der Waals surface area (Å²) in [5.41, 5.74) is 0.703. The second-order valence-electron chi connectivity index (χ2n) is 6.03. The summed E-state index contributed by atoms with van der Waals surface area (Å²) in [6.07, 6.45) is 0. The zero-order valence-electron chi connectivity index (χ0n) is 14.1. The highest BCUT2D eigenvalue weighted by atomic mass is 32.1. The minimum absolute atomic E-state index is 0.122. The number of nitrogens with zero attached hydrogens (tertiary/aromatic N) is 5. The van der Waals surface area contributed by atoms with E-state index in [-0.39, 0.29) is 11.7 Å². The third-order valence-electron chi connectivity index (χ3n) is 4.17. The molecule has 0 aromatic carbocycles. The predicted octanol–water partition coefficient (Wildman–Crippen LogP) is 2.65. The molecule has 8 nitrogen and oxygen atoms in total. The van der Waals surface area contributed by atoms with Crippen molar-refractivity contribution in [2.45, 2.75) is 13.6 Å². The van der Waals surface area contributed by atoms with Crippen LogP contribution in [0.5, 0.6) is 0 Å². The summed E-state index contributed by atoms with van der Waals surface area (Å²) in [5.74, 6) is 0.707. The molecule has 4 heterocycles. The number of piperazine rings is 1. The monoisotopic (exact) mass is 391 g/mol. The molecule has 0 bridgehead atoms. The Balaban J connectivity index is 1.37. The number of aryl methyl sites for hydroxylation is 1. The number of aromatic nitrogens is 3. The van der Waals surface area contributed by atoms with Crippen LogP contribution in [-0.4, -0.2) is 56.8 Å². The highest BCUT2D eigenvalue weighted by molar-refractivity contribution is 7.71. The van der Waals surface area contributed by atoms with Crippen LogP contribution in [0, 0.1) is 11.8 Å². The number of hydrogen-bond acceptors (Lipinski definition) is 8. The van der Waals surface area contributed by atoms with Gasteiger partial charge in [-0.3, -0.25) is 9.69 Å². The number of amides is 1. The van der Waals surface area contributed by atoms with E-state index in [1.54, 1.807) is 33.9 Å². The molecule has 26 heavy (non-hydrogen) atoms. The molecule has 0 N–H and O–H groups in total. The van der Waals surface area contributed by atoms with Crippen molar-refractivity contribution in [1.29, 1.82) is 0 Å². The van der Waals surface area contributed by atoms with Crippen molar-refractivity contribution in [2.75, 3.05) is 26.2 Å². The van der Waals surface area contributed by atoms with Gasteiger partial charge in [-0.25, -0.2) is 4.68 Å². The van der Waals surface area contributed by atoms with E-state index in [9.17, 15) is 4.79 Å². The molecule has 1 aliphatic rings. The van der Waals surface area contributed by atoms with E-state index < -0.39 is 0 Å². The van der Waals surface area contributed by atoms with Crippen molar-refractivity contribution in [1.82, 2.24) is 24.7 Å². The fraction of sp³-hybridized carbons (Fsp3) is 0.375.